The van der Waals surface area contributed by atoms with Gasteiger partial charge in [-0.05, 0) is 51.1 Å². The molecule has 3 heterocycles. The minimum absolute atomic E-state index is 0.285. The highest BCUT2D eigenvalue weighted by molar-refractivity contribution is 6.34. The van der Waals surface area contributed by atoms with E-state index in [0.717, 1.165) is 0 Å². The largest absolute Gasteiger partial charge is 0.352 e. The topological polar surface area (TPSA) is 57.7 Å². The number of amides is 2. The van der Waals surface area contributed by atoms with Crippen LogP contribution in [-0.4, -0.2) is 40.1 Å². The lowest BCUT2D eigenvalue weighted by molar-refractivity contribution is -0.145. The van der Waals surface area contributed by atoms with Crippen molar-refractivity contribution >= 4 is 41.0 Å². The molecule has 5 nitrogen and oxygen atoms in total. The number of carbonyl (C=O) groups excluding carboxylic acids is 3. The van der Waals surface area contributed by atoms with Crippen LogP contribution in [0.4, 0.5) is 10.1 Å². The third-order valence-electron chi connectivity index (χ3n) is 6.55. The van der Waals surface area contributed by atoms with Gasteiger partial charge in [-0.1, -0.05) is 35.9 Å². The van der Waals surface area contributed by atoms with Crippen LogP contribution in [0, 0.1) is 17.7 Å². The van der Waals surface area contributed by atoms with E-state index in [1.54, 1.807) is 63.3 Å². The minimum Gasteiger partial charge on any atom is -0.352 e. The van der Waals surface area contributed by atoms with E-state index in [1.165, 1.54) is 17.0 Å². The van der Waals surface area contributed by atoms with Gasteiger partial charge in [-0.2, -0.15) is 0 Å². The second-order valence-corrected chi connectivity index (χ2v) is 9.89. The number of halogens is 2. The molecule has 0 aromatic heterocycles. The molecule has 2 aromatic carbocycles. The Morgan fingerprint density at radius 3 is 2.41 bits per heavy atom. The molecule has 0 spiro atoms. The molecule has 164 valence electrons. The van der Waals surface area contributed by atoms with Crippen molar-refractivity contribution in [3.63, 3.8) is 0 Å². The first-order chi connectivity index (χ1) is 15.1. The maximum absolute atomic E-state index is 13.9. The van der Waals surface area contributed by atoms with Crippen LogP contribution in [0.25, 0.3) is 6.08 Å². The summed E-state index contributed by atoms with van der Waals surface area (Å²) in [6.45, 7) is 5.42. The maximum Gasteiger partial charge on any atom is 0.236 e. The second kappa shape index (κ2) is 7.01. The van der Waals surface area contributed by atoms with Gasteiger partial charge in [-0.3, -0.25) is 19.3 Å². The lowest BCUT2D eigenvalue weighted by atomic mass is 9.86. The van der Waals surface area contributed by atoms with Gasteiger partial charge >= 0.3 is 0 Å². The number of rotatable bonds is 2. The van der Waals surface area contributed by atoms with E-state index in [0.29, 0.717) is 16.8 Å². The number of imide groups is 1. The minimum atomic E-state index is -0.928. The van der Waals surface area contributed by atoms with Gasteiger partial charge in [0.05, 0.1) is 22.9 Å². The number of nitrogens with zero attached hydrogens (tertiary/aromatic N) is 2. The fourth-order valence-corrected chi connectivity index (χ4v) is 5.55. The normalized spacial score (nSPS) is 26.3. The Hall–Kier alpha value is -2.99. The molecule has 7 heteroatoms. The van der Waals surface area contributed by atoms with Crippen LogP contribution in [0.3, 0.4) is 0 Å². The van der Waals surface area contributed by atoms with Crippen LogP contribution in [-0.2, 0) is 9.59 Å². The van der Waals surface area contributed by atoms with E-state index in [4.69, 9.17) is 11.6 Å². The molecule has 3 aliphatic heterocycles. The van der Waals surface area contributed by atoms with Crippen molar-refractivity contribution in [3.8, 4) is 0 Å². The van der Waals surface area contributed by atoms with Crippen LogP contribution in [0.5, 0.6) is 0 Å². The number of Topliss-reactive ketones (excluding diaryl/α,β-unsaturated/α-hetero) is 1. The van der Waals surface area contributed by atoms with Gasteiger partial charge in [-0.25, -0.2) is 4.39 Å². The SMILES string of the molecule is CC(C)(C)N1C(=O)[C@@H]2[C@@H](C1=O)[C@@H]1C=Cc3cc(F)ccc3N1[C@@H]2C(=O)c1ccccc1Cl. The average Bonchev–Trinajstić information content (AvgIpc) is 3.20. The van der Waals surface area contributed by atoms with E-state index >= 15 is 0 Å². The highest BCUT2D eigenvalue weighted by Gasteiger charge is 2.65. The first kappa shape index (κ1) is 20.9. The maximum atomic E-state index is 13.9. The molecular formula is C25H22ClFN2O3. The lowest BCUT2D eigenvalue weighted by Gasteiger charge is -2.38. The fourth-order valence-electron chi connectivity index (χ4n) is 5.33. The van der Waals surface area contributed by atoms with E-state index in [-0.39, 0.29) is 22.6 Å². The number of anilines is 1. The smallest absolute Gasteiger partial charge is 0.236 e. The first-order valence-corrected chi connectivity index (χ1v) is 10.9. The molecule has 2 fully saturated rings. The number of hydrogen-bond acceptors (Lipinski definition) is 4. The summed E-state index contributed by atoms with van der Waals surface area (Å²) >= 11 is 6.34. The highest BCUT2D eigenvalue weighted by Crippen LogP contribution is 2.50. The number of hydrogen-bond donors (Lipinski definition) is 0. The summed E-state index contributed by atoms with van der Waals surface area (Å²) in [7, 11) is 0. The van der Waals surface area contributed by atoms with Gasteiger partial charge in [0, 0.05) is 22.4 Å². The summed E-state index contributed by atoms with van der Waals surface area (Å²) in [5, 5.41) is 0.286. The van der Waals surface area contributed by atoms with Crippen molar-refractivity contribution in [2.24, 2.45) is 11.8 Å². The fraction of sp³-hybridized carbons (Fsp3) is 0.320. The van der Waals surface area contributed by atoms with Crippen molar-refractivity contribution in [2.45, 2.75) is 38.4 Å². The average molecular weight is 453 g/mol. The standard InChI is InChI=1S/C25H22ClFN2O3/c1-25(2,3)29-23(31)19-18-10-8-13-12-14(27)9-11-17(13)28(18)21(20(19)24(29)32)22(30)15-6-4-5-7-16(15)26/h4-12,18-21H,1-3H3/t18-,19-,20+,21-/m0/s1. The number of benzene rings is 2. The molecule has 3 aliphatic rings. The monoisotopic (exact) mass is 452 g/mol. The predicted octanol–water partition coefficient (Wildman–Crippen LogP) is 4.35. The molecule has 0 radical (unpaired) electrons. The Labute approximate surface area is 190 Å². The van der Waals surface area contributed by atoms with Gasteiger partial charge in [0.2, 0.25) is 11.8 Å². The number of carbonyl (C=O) groups is 3. The Morgan fingerprint density at radius 2 is 1.72 bits per heavy atom. The van der Waals surface area contributed by atoms with Crippen LogP contribution in [0.2, 0.25) is 5.02 Å². The molecule has 4 atom stereocenters. The molecular weight excluding hydrogens is 431 g/mol. The van der Waals surface area contributed by atoms with Crippen LogP contribution >= 0.6 is 11.6 Å². The van der Waals surface area contributed by atoms with Gasteiger partial charge in [0.1, 0.15) is 11.9 Å². The summed E-state index contributed by atoms with van der Waals surface area (Å²) in [6, 6.07) is 9.59. The third kappa shape index (κ3) is 2.85. The quantitative estimate of drug-likeness (QED) is 0.502. The zero-order valence-electron chi connectivity index (χ0n) is 17.9. The summed E-state index contributed by atoms with van der Waals surface area (Å²) in [6.07, 6.45) is 3.56. The Balaban J connectivity index is 1.70. The molecule has 2 aromatic rings. The number of ketones is 1. The molecule has 0 N–H and O–H groups in total. The Bertz CT molecular complexity index is 1200. The van der Waals surface area contributed by atoms with E-state index in [9.17, 15) is 18.8 Å². The van der Waals surface area contributed by atoms with E-state index in [2.05, 4.69) is 0 Å². The van der Waals surface area contributed by atoms with Crippen molar-refractivity contribution in [3.05, 3.63) is 70.5 Å². The van der Waals surface area contributed by atoms with Gasteiger partial charge in [0.15, 0.2) is 5.78 Å². The van der Waals surface area contributed by atoms with E-state index in [1.807, 2.05) is 4.90 Å². The first-order valence-electron chi connectivity index (χ1n) is 10.5. The zero-order chi connectivity index (χ0) is 22.9. The van der Waals surface area contributed by atoms with E-state index < -0.39 is 35.3 Å². The molecule has 0 unspecified atom stereocenters. The van der Waals surface area contributed by atoms with Gasteiger partial charge in [-0.15, -0.1) is 0 Å². The van der Waals surface area contributed by atoms with Crippen molar-refractivity contribution in [1.82, 2.24) is 4.90 Å². The third-order valence-corrected chi connectivity index (χ3v) is 6.88. The summed E-state index contributed by atoms with van der Waals surface area (Å²) in [4.78, 5) is 44.0. The highest BCUT2D eigenvalue weighted by atomic mass is 35.5. The molecule has 2 amide bonds. The molecule has 0 aliphatic carbocycles. The van der Waals surface area contributed by atoms with Crippen molar-refractivity contribution in [2.75, 3.05) is 4.90 Å². The summed E-state index contributed by atoms with van der Waals surface area (Å²) in [5.74, 6) is -2.91. The lowest BCUT2D eigenvalue weighted by Crippen LogP contribution is -2.52. The number of fused-ring (bicyclic) bond motifs is 5. The Kier molecular flexibility index (Phi) is 4.57. The van der Waals surface area contributed by atoms with Gasteiger partial charge in [0.25, 0.3) is 0 Å². The second-order valence-electron chi connectivity index (χ2n) is 9.48. The summed E-state index contributed by atoms with van der Waals surface area (Å²) < 4.78 is 13.9. The number of likely N-dealkylation sites (tertiary alicyclic amines) is 1. The predicted molar refractivity (Wildman–Crippen MR) is 120 cm³/mol. The van der Waals surface area contributed by atoms with Crippen molar-refractivity contribution in [1.29, 1.82) is 0 Å². The molecule has 0 saturated carbocycles. The molecule has 32 heavy (non-hydrogen) atoms. The zero-order valence-corrected chi connectivity index (χ0v) is 18.6. The molecule has 2 saturated heterocycles. The van der Waals surface area contributed by atoms with Crippen LogP contribution in [0.1, 0.15) is 36.7 Å². The van der Waals surface area contributed by atoms with Crippen LogP contribution in [0.15, 0.2) is 48.5 Å². The van der Waals surface area contributed by atoms with Crippen molar-refractivity contribution < 1.29 is 18.8 Å². The Morgan fingerprint density at radius 1 is 1.03 bits per heavy atom. The summed E-state index contributed by atoms with van der Waals surface area (Å²) in [5.41, 5.74) is 0.819. The van der Waals surface area contributed by atoms with Gasteiger partial charge < -0.3 is 4.90 Å². The van der Waals surface area contributed by atoms with Crippen LogP contribution < -0.4 is 4.90 Å². The molecule has 5 rings (SSSR count). The molecule has 0 bridgehead atoms.